The molecule has 0 aromatic heterocycles. The zero-order valence-corrected chi connectivity index (χ0v) is 17.5. The van der Waals surface area contributed by atoms with Gasteiger partial charge in [-0.1, -0.05) is 61.7 Å². The minimum Gasteiger partial charge on any atom is -0.322 e. The molecule has 148 valence electrons. The smallest absolute Gasteiger partial charge is 0.255 e. The molecule has 3 aromatic rings. The van der Waals surface area contributed by atoms with Crippen molar-refractivity contribution in [1.82, 2.24) is 0 Å². The molecule has 0 aliphatic heterocycles. The normalized spacial score (nSPS) is 14.5. The highest BCUT2D eigenvalue weighted by atomic mass is 32.2. The fourth-order valence-electron chi connectivity index (χ4n) is 3.92. The molecule has 1 amide bonds. The molecule has 3 heteroatoms. The van der Waals surface area contributed by atoms with Crippen molar-refractivity contribution in [3.8, 4) is 0 Å². The maximum Gasteiger partial charge on any atom is 0.255 e. The van der Waals surface area contributed by atoms with Crippen molar-refractivity contribution in [3.63, 3.8) is 0 Å². The van der Waals surface area contributed by atoms with Gasteiger partial charge in [0.15, 0.2) is 0 Å². The van der Waals surface area contributed by atoms with E-state index in [2.05, 4.69) is 29.6 Å². The quantitative estimate of drug-likeness (QED) is 0.440. The van der Waals surface area contributed by atoms with Gasteiger partial charge in [0.2, 0.25) is 0 Å². The maximum atomic E-state index is 12.4. The van der Waals surface area contributed by atoms with Gasteiger partial charge in [-0.3, -0.25) is 4.79 Å². The van der Waals surface area contributed by atoms with Crippen LogP contribution in [0.1, 0.15) is 59.5 Å². The molecule has 29 heavy (non-hydrogen) atoms. The van der Waals surface area contributed by atoms with Crippen LogP contribution in [0.2, 0.25) is 0 Å². The Hall–Kier alpha value is -2.52. The Bertz CT molecular complexity index is 913. The number of hydrogen-bond donors (Lipinski definition) is 1. The second-order valence-electron chi connectivity index (χ2n) is 7.71. The molecule has 0 bridgehead atoms. The molecule has 1 aliphatic carbocycles. The summed E-state index contributed by atoms with van der Waals surface area (Å²) in [5, 5.41) is 2.92. The highest BCUT2D eigenvalue weighted by Crippen LogP contribution is 2.33. The molecule has 0 saturated heterocycles. The van der Waals surface area contributed by atoms with Gasteiger partial charge in [0, 0.05) is 21.9 Å². The van der Waals surface area contributed by atoms with Gasteiger partial charge < -0.3 is 5.32 Å². The lowest BCUT2D eigenvalue weighted by atomic mass is 9.84. The fraction of sp³-hybridized carbons (Fsp3) is 0.269. The second kappa shape index (κ2) is 9.80. The summed E-state index contributed by atoms with van der Waals surface area (Å²) >= 11 is 1.85. The zero-order chi connectivity index (χ0) is 19.9. The predicted molar refractivity (Wildman–Crippen MR) is 123 cm³/mol. The van der Waals surface area contributed by atoms with E-state index in [-0.39, 0.29) is 5.91 Å². The number of thioether (sulfide) groups is 1. The predicted octanol–water partition coefficient (Wildman–Crippen LogP) is 7.28. The third-order valence-corrected chi connectivity index (χ3v) is 6.69. The standard InChI is InChI=1S/C26H27NOS/c28-26(27-24-9-5-2-6-10-24)23-13-11-20(12-14-23)19-29-25-17-15-22(16-18-25)21-7-3-1-4-8-21/h2,5-6,9-18,21H,1,3-4,7-8,19H2,(H,27,28). The van der Waals surface area contributed by atoms with Crippen LogP contribution in [0.5, 0.6) is 0 Å². The molecule has 3 aromatic carbocycles. The van der Waals surface area contributed by atoms with Crippen molar-refractivity contribution >= 4 is 23.4 Å². The molecule has 4 rings (SSSR count). The number of amides is 1. The van der Waals surface area contributed by atoms with Crippen molar-refractivity contribution in [2.24, 2.45) is 0 Å². The first kappa shape index (κ1) is 19.8. The van der Waals surface area contributed by atoms with E-state index < -0.39 is 0 Å². The third-order valence-electron chi connectivity index (χ3n) is 5.61. The van der Waals surface area contributed by atoms with Crippen molar-refractivity contribution in [2.45, 2.75) is 48.7 Å². The lowest BCUT2D eigenvalue weighted by Gasteiger charge is -2.22. The number of hydrogen-bond acceptors (Lipinski definition) is 2. The highest BCUT2D eigenvalue weighted by Gasteiger charge is 2.15. The summed E-state index contributed by atoms with van der Waals surface area (Å²) in [6, 6.07) is 26.6. The average molecular weight is 402 g/mol. The van der Waals surface area contributed by atoms with Crippen LogP contribution < -0.4 is 5.32 Å². The van der Waals surface area contributed by atoms with E-state index in [4.69, 9.17) is 0 Å². The lowest BCUT2D eigenvalue weighted by molar-refractivity contribution is 0.102. The molecule has 0 unspecified atom stereocenters. The molecule has 0 spiro atoms. The molecule has 1 fully saturated rings. The van der Waals surface area contributed by atoms with Crippen LogP contribution in [0.4, 0.5) is 5.69 Å². The van der Waals surface area contributed by atoms with Gasteiger partial charge in [-0.05, 0) is 66.3 Å². The lowest BCUT2D eigenvalue weighted by Crippen LogP contribution is -2.11. The van der Waals surface area contributed by atoms with Crippen LogP contribution in [0.25, 0.3) is 0 Å². The van der Waals surface area contributed by atoms with E-state index in [1.807, 2.05) is 66.4 Å². The SMILES string of the molecule is O=C(Nc1ccccc1)c1ccc(CSc2ccc(C3CCCCC3)cc2)cc1. The topological polar surface area (TPSA) is 29.1 Å². The molecular weight excluding hydrogens is 374 g/mol. The fourth-order valence-corrected chi connectivity index (χ4v) is 4.77. The Morgan fingerprint density at radius 3 is 2.21 bits per heavy atom. The molecule has 0 heterocycles. The summed E-state index contributed by atoms with van der Waals surface area (Å²) in [5.74, 6) is 1.59. The Labute approximate surface area is 177 Å². The summed E-state index contributed by atoms with van der Waals surface area (Å²) in [6.07, 6.45) is 6.84. The molecule has 1 aliphatic rings. The monoisotopic (exact) mass is 401 g/mol. The number of benzene rings is 3. The second-order valence-corrected chi connectivity index (χ2v) is 8.76. The van der Waals surface area contributed by atoms with Gasteiger partial charge in [-0.15, -0.1) is 11.8 Å². The molecule has 0 atom stereocenters. The van der Waals surface area contributed by atoms with E-state index in [0.717, 1.165) is 17.4 Å². The van der Waals surface area contributed by atoms with Crippen LogP contribution in [-0.4, -0.2) is 5.91 Å². The van der Waals surface area contributed by atoms with Crippen LogP contribution in [0.15, 0.2) is 83.8 Å². The van der Waals surface area contributed by atoms with Crippen molar-refractivity contribution in [3.05, 3.63) is 95.6 Å². The number of carbonyl (C=O) groups is 1. The van der Waals surface area contributed by atoms with E-state index >= 15 is 0 Å². The van der Waals surface area contributed by atoms with Gasteiger partial charge >= 0.3 is 0 Å². The summed E-state index contributed by atoms with van der Waals surface area (Å²) in [7, 11) is 0. The number of carbonyl (C=O) groups excluding carboxylic acids is 1. The van der Waals surface area contributed by atoms with Crippen LogP contribution in [-0.2, 0) is 5.75 Å². The van der Waals surface area contributed by atoms with E-state index in [1.54, 1.807) is 0 Å². The van der Waals surface area contributed by atoms with Crippen molar-refractivity contribution in [1.29, 1.82) is 0 Å². The van der Waals surface area contributed by atoms with E-state index in [9.17, 15) is 4.79 Å². The zero-order valence-electron chi connectivity index (χ0n) is 16.6. The average Bonchev–Trinajstić information content (AvgIpc) is 2.80. The Morgan fingerprint density at radius 2 is 1.52 bits per heavy atom. The van der Waals surface area contributed by atoms with Gasteiger partial charge in [0.05, 0.1) is 0 Å². The summed E-state index contributed by atoms with van der Waals surface area (Å²) < 4.78 is 0. The Kier molecular flexibility index (Phi) is 6.68. The molecule has 1 N–H and O–H groups in total. The number of anilines is 1. The highest BCUT2D eigenvalue weighted by molar-refractivity contribution is 7.98. The molecule has 2 nitrogen and oxygen atoms in total. The van der Waals surface area contributed by atoms with E-state index in [0.29, 0.717) is 5.56 Å². The molecule has 1 saturated carbocycles. The molecule has 0 radical (unpaired) electrons. The first-order valence-electron chi connectivity index (χ1n) is 10.5. The summed E-state index contributed by atoms with van der Waals surface area (Å²) in [4.78, 5) is 13.7. The van der Waals surface area contributed by atoms with Crippen molar-refractivity contribution in [2.75, 3.05) is 5.32 Å². The minimum absolute atomic E-state index is 0.0753. The maximum absolute atomic E-state index is 12.4. The van der Waals surface area contributed by atoms with Crippen LogP contribution in [0, 0.1) is 0 Å². The third kappa shape index (κ3) is 5.51. The first-order chi connectivity index (χ1) is 14.3. The Balaban J connectivity index is 1.30. The van der Waals surface area contributed by atoms with E-state index in [1.165, 1.54) is 48.1 Å². The molecular formula is C26H27NOS. The van der Waals surface area contributed by atoms with Gasteiger partial charge in [0.25, 0.3) is 5.91 Å². The number of rotatable bonds is 6. The van der Waals surface area contributed by atoms with Gasteiger partial charge in [-0.25, -0.2) is 0 Å². The summed E-state index contributed by atoms with van der Waals surface area (Å²) in [6.45, 7) is 0. The van der Waals surface area contributed by atoms with Crippen molar-refractivity contribution < 1.29 is 4.79 Å². The largest absolute Gasteiger partial charge is 0.322 e. The van der Waals surface area contributed by atoms with Gasteiger partial charge in [-0.2, -0.15) is 0 Å². The number of para-hydroxylation sites is 1. The van der Waals surface area contributed by atoms with Gasteiger partial charge in [0.1, 0.15) is 0 Å². The Morgan fingerprint density at radius 1 is 0.828 bits per heavy atom. The minimum atomic E-state index is -0.0753. The number of nitrogens with one attached hydrogen (secondary N) is 1. The first-order valence-corrected chi connectivity index (χ1v) is 11.4. The van der Waals surface area contributed by atoms with Crippen LogP contribution >= 0.6 is 11.8 Å². The summed E-state index contributed by atoms with van der Waals surface area (Å²) in [5.41, 5.74) is 4.22. The van der Waals surface area contributed by atoms with Crippen LogP contribution in [0.3, 0.4) is 0 Å².